The lowest BCUT2D eigenvalue weighted by atomic mass is 9.57. The number of rotatable bonds is 1. The lowest BCUT2D eigenvalue weighted by molar-refractivity contribution is -0.122. The van der Waals surface area contributed by atoms with Crippen molar-refractivity contribution >= 4 is 12.9 Å². The summed E-state index contributed by atoms with van der Waals surface area (Å²) in [5, 5.41) is 0. The molecule has 2 aliphatic rings. The van der Waals surface area contributed by atoms with Crippen molar-refractivity contribution in [1.29, 1.82) is 0 Å². The van der Waals surface area contributed by atoms with Crippen LogP contribution in [0.1, 0.15) is 60.8 Å². The second kappa shape index (κ2) is 4.07. The van der Waals surface area contributed by atoms with E-state index in [4.69, 9.17) is 9.31 Å². The Morgan fingerprint density at radius 3 is 2.06 bits per heavy atom. The van der Waals surface area contributed by atoms with Gasteiger partial charge in [-0.25, -0.2) is 0 Å². The zero-order chi connectivity index (χ0) is 13.8. The van der Waals surface area contributed by atoms with E-state index in [1.807, 2.05) is 27.7 Å². The van der Waals surface area contributed by atoms with Gasteiger partial charge in [-0.05, 0) is 46.0 Å². The molecular weight excluding hydrogens is 227 g/mol. The minimum absolute atomic E-state index is 0.102. The van der Waals surface area contributed by atoms with Gasteiger partial charge in [0.15, 0.2) is 0 Å². The second-order valence-electron chi connectivity index (χ2n) is 7.57. The van der Waals surface area contributed by atoms with Crippen LogP contribution < -0.4 is 0 Å². The first-order chi connectivity index (χ1) is 8.04. The van der Waals surface area contributed by atoms with Crippen LogP contribution in [0.4, 0.5) is 0 Å². The first-order valence-electron chi connectivity index (χ1n) is 6.92. The van der Waals surface area contributed by atoms with Gasteiger partial charge in [0.05, 0.1) is 17.0 Å². The van der Waals surface area contributed by atoms with Gasteiger partial charge in [0.25, 0.3) is 0 Å². The van der Waals surface area contributed by atoms with Crippen LogP contribution in [0.3, 0.4) is 0 Å². The standard InChI is InChI=1S/C14H25BO3/c1-12(2)8-7-11(16)10(9-12)15-17-13(3,4)14(5,6)18-15/h10H,7-9H2,1-6H3. The molecule has 4 heteroatoms. The molecule has 2 fully saturated rings. The molecular formula is C14H25BO3. The van der Waals surface area contributed by atoms with Crippen molar-refractivity contribution in [1.82, 2.24) is 0 Å². The monoisotopic (exact) mass is 252 g/mol. The summed E-state index contributed by atoms with van der Waals surface area (Å²) in [5.41, 5.74) is -0.485. The van der Waals surface area contributed by atoms with Crippen molar-refractivity contribution in [3.8, 4) is 0 Å². The molecule has 0 aromatic carbocycles. The van der Waals surface area contributed by atoms with Crippen molar-refractivity contribution in [3.63, 3.8) is 0 Å². The molecule has 0 amide bonds. The van der Waals surface area contributed by atoms with Crippen LogP contribution in [-0.2, 0) is 14.1 Å². The van der Waals surface area contributed by atoms with E-state index in [-0.39, 0.29) is 29.6 Å². The van der Waals surface area contributed by atoms with Gasteiger partial charge in [0.1, 0.15) is 5.78 Å². The molecule has 0 aromatic rings. The number of carbonyl (C=O) groups is 1. The molecule has 0 radical (unpaired) electrons. The van der Waals surface area contributed by atoms with Gasteiger partial charge in [0.2, 0.25) is 0 Å². The van der Waals surface area contributed by atoms with Crippen molar-refractivity contribution in [2.24, 2.45) is 5.41 Å². The van der Waals surface area contributed by atoms with Gasteiger partial charge in [-0.3, -0.25) is 4.79 Å². The molecule has 2 rings (SSSR count). The smallest absolute Gasteiger partial charge is 0.403 e. The van der Waals surface area contributed by atoms with Gasteiger partial charge in [-0.2, -0.15) is 0 Å². The van der Waals surface area contributed by atoms with E-state index in [0.717, 1.165) is 12.8 Å². The predicted octanol–water partition coefficient (Wildman–Crippen LogP) is 3.23. The van der Waals surface area contributed by atoms with Crippen LogP contribution in [0.25, 0.3) is 0 Å². The van der Waals surface area contributed by atoms with Crippen molar-refractivity contribution in [3.05, 3.63) is 0 Å². The topological polar surface area (TPSA) is 35.5 Å². The molecule has 1 saturated heterocycles. The first-order valence-corrected chi connectivity index (χ1v) is 6.92. The van der Waals surface area contributed by atoms with Gasteiger partial charge >= 0.3 is 7.12 Å². The zero-order valence-corrected chi connectivity index (χ0v) is 12.5. The molecule has 1 saturated carbocycles. The molecule has 3 nitrogen and oxygen atoms in total. The lowest BCUT2D eigenvalue weighted by Crippen LogP contribution is -2.41. The van der Waals surface area contributed by atoms with E-state index in [1.54, 1.807) is 0 Å². The molecule has 1 aliphatic heterocycles. The highest BCUT2D eigenvalue weighted by Crippen LogP contribution is 2.47. The summed E-state index contributed by atoms with van der Waals surface area (Å²) in [6, 6.07) is 0. The normalized spacial score (nSPS) is 33.8. The Labute approximate surface area is 111 Å². The number of hydrogen-bond donors (Lipinski definition) is 0. The molecule has 1 atom stereocenters. The summed E-state index contributed by atoms with van der Waals surface area (Å²) in [7, 11) is -0.373. The van der Waals surface area contributed by atoms with E-state index in [0.29, 0.717) is 12.2 Å². The Hall–Kier alpha value is -0.345. The molecule has 1 aliphatic carbocycles. The van der Waals surface area contributed by atoms with Gasteiger partial charge < -0.3 is 9.31 Å². The first kappa shape index (κ1) is 14.1. The SMILES string of the molecule is CC1(C)CCC(=O)C(B2OC(C)(C)C(C)(C)O2)C1. The maximum atomic E-state index is 12.1. The lowest BCUT2D eigenvalue weighted by Gasteiger charge is -2.34. The maximum absolute atomic E-state index is 12.1. The summed E-state index contributed by atoms with van der Waals surface area (Å²) >= 11 is 0. The molecule has 102 valence electrons. The highest BCUT2D eigenvalue weighted by atomic mass is 16.7. The molecule has 0 aromatic heterocycles. The Morgan fingerprint density at radius 1 is 1.06 bits per heavy atom. The highest BCUT2D eigenvalue weighted by Gasteiger charge is 2.56. The van der Waals surface area contributed by atoms with Crippen molar-refractivity contribution in [2.45, 2.75) is 77.8 Å². The molecule has 18 heavy (non-hydrogen) atoms. The van der Waals surface area contributed by atoms with Crippen molar-refractivity contribution in [2.75, 3.05) is 0 Å². The van der Waals surface area contributed by atoms with Gasteiger partial charge in [0, 0.05) is 6.42 Å². The largest absolute Gasteiger partial charge is 0.468 e. The Kier molecular flexibility index (Phi) is 3.18. The fraction of sp³-hybridized carbons (Fsp3) is 0.929. The van der Waals surface area contributed by atoms with E-state index >= 15 is 0 Å². The summed E-state index contributed by atoms with van der Waals surface area (Å²) in [6.07, 6.45) is 2.49. The van der Waals surface area contributed by atoms with E-state index in [1.165, 1.54) is 0 Å². The van der Waals surface area contributed by atoms with Gasteiger partial charge in [-0.1, -0.05) is 13.8 Å². The zero-order valence-electron chi connectivity index (χ0n) is 12.5. The average molecular weight is 252 g/mol. The van der Waals surface area contributed by atoms with Crippen LogP contribution in [0.2, 0.25) is 5.82 Å². The fourth-order valence-electron chi connectivity index (χ4n) is 2.76. The maximum Gasteiger partial charge on any atom is 0.468 e. The van der Waals surface area contributed by atoms with Crippen LogP contribution >= 0.6 is 0 Å². The van der Waals surface area contributed by atoms with Crippen LogP contribution in [0.15, 0.2) is 0 Å². The third-order valence-corrected chi connectivity index (χ3v) is 4.83. The average Bonchev–Trinajstić information content (AvgIpc) is 2.40. The Balaban J connectivity index is 2.16. The molecule has 0 N–H and O–H groups in total. The number of hydrogen-bond acceptors (Lipinski definition) is 3. The van der Waals surface area contributed by atoms with Gasteiger partial charge in [-0.15, -0.1) is 0 Å². The number of Topliss-reactive ketones (excluding diaryl/α,β-unsaturated/α-hetero) is 1. The third kappa shape index (κ3) is 2.37. The molecule has 0 spiro atoms. The Morgan fingerprint density at radius 2 is 1.56 bits per heavy atom. The quantitative estimate of drug-likeness (QED) is 0.672. The molecule has 1 heterocycles. The van der Waals surface area contributed by atoms with E-state index in [2.05, 4.69) is 13.8 Å². The summed E-state index contributed by atoms with van der Waals surface area (Å²) in [4.78, 5) is 12.1. The minimum atomic E-state index is -0.373. The van der Waals surface area contributed by atoms with Crippen LogP contribution in [0, 0.1) is 5.41 Å². The minimum Gasteiger partial charge on any atom is -0.403 e. The summed E-state index contributed by atoms with van der Waals surface area (Å²) < 4.78 is 12.0. The van der Waals surface area contributed by atoms with E-state index < -0.39 is 0 Å². The van der Waals surface area contributed by atoms with Crippen LogP contribution in [-0.4, -0.2) is 24.1 Å². The van der Waals surface area contributed by atoms with Crippen molar-refractivity contribution < 1.29 is 14.1 Å². The fourth-order valence-corrected chi connectivity index (χ4v) is 2.76. The number of carbonyl (C=O) groups excluding carboxylic acids is 1. The third-order valence-electron chi connectivity index (χ3n) is 4.83. The predicted molar refractivity (Wildman–Crippen MR) is 72.5 cm³/mol. The van der Waals surface area contributed by atoms with E-state index in [9.17, 15) is 4.79 Å². The number of ketones is 1. The highest BCUT2D eigenvalue weighted by molar-refractivity contribution is 6.53. The summed E-state index contributed by atoms with van der Waals surface area (Å²) in [5.74, 6) is 0.197. The Bertz CT molecular complexity index is 344. The molecule has 1 unspecified atom stereocenters. The second-order valence-corrected chi connectivity index (χ2v) is 7.57. The summed E-state index contributed by atoms with van der Waals surface area (Å²) in [6.45, 7) is 12.6. The van der Waals surface area contributed by atoms with Crippen LogP contribution in [0.5, 0.6) is 0 Å². The molecule has 0 bridgehead atoms.